The summed E-state index contributed by atoms with van der Waals surface area (Å²) in [5.74, 6) is 1.86. The number of hydrogen-bond donors (Lipinski definition) is 0. The Morgan fingerprint density at radius 2 is 1.09 bits per heavy atom. The Bertz CT molecular complexity index is 2440. The molecule has 206 valence electrons. The zero-order chi connectivity index (χ0) is 29.0. The molecule has 0 saturated carbocycles. The van der Waals surface area contributed by atoms with Crippen molar-refractivity contribution in [2.45, 2.75) is 0 Å². The lowest BCUT2D eigenvalue weighted by atomic mass is 10.1. The highest BCUT2D eigenvalue weighted by atomic mass is 16.3. The maximum atomic E-state index is 6.45. The first kappa shape index (κ1) is 24.4. The number of para-hydroxylation sites is 1. The van der Waals surface area contributed by atoms with E-state index in [1.54, 1.807) is 12.4 Å². The summed E-state index contributed by atoms with van der Waals surface area (Å²) < 4.78 is 8.71. The first-order chi connectivity index (χ1) is 21.8. The van der Waals surface area contributed by atoms with Crippen LogP contribution < -0.4 is 0 Å². The Labute approximate surface area is 251 Å². The van der Waals surface area contributed by atoms with E-state index in [4.69, 9.17) is 19.4 Å². The number of rotatable bonds is 4. The molecule has 7 nitrogen and oxygen atoms in total. The summed E-state index contributed by atoms with van der Waals surface area (Å²) in [5, 5.41) is 12.3. The van der Waals surface area contributed by atoms with Crippen LogP contribution in [0.4, 0.5) is 0 Å². The van der Waals surface area contributed by atoms with Crippen LogP contribution in [-0.2, 0) is 0 Å². The van der Waals surface area contributed by atoms with Crippen LogP contribution >= 0.6 is 0 Å². The summed E-state index contributed by atoms with van der Waals surface area (Å²) in [5.41, 5.74) is 7.30. The van der Waals surface area contributed by atoms with E-state index in [1.807, 2.05) is 72.8 Å². The van der Waals surface area contributed by atoms with Gasteiger partial charge in [-0.1, -0.05) is 97.1 Å². The van der Waals surface area contributed by atoms with Crippen molar-refractivity contribution in [3.05, 3.63) is 134 Å². The molecule has 4 heterocycles. The van der Waals surface area contributed by atoms with Crippen molar-refractivity contribution in [3.8, 4) is 39.9 Å². The summed E-state index contributed by atoms with van der Waals surface area (Å²) >= 11 is 0. The molecular formula is C37H22N6O. The van der Waals surface area contributed by atoms with Crippen LogP contribution in [0.25, 0.3) is 83.6 Å². The third-order valence-corrected chi connectivity index (χ3v) is 8.05. The van der Waals surface area contributed by atoms with Gasteiger partial charge in [0.15, 0.2) is 28.6 Å². The van der Waals surface area contributed by atoms with E-state index < -0.39 is 0 Å². The number of nitrogens with zero attached hydrogens (tertiary/aromatic N) is 6. The van der Waals surface area contributed by atoms with Gasteiger partial charge in [0.1, 0.15) is 0 Å². The molecule has 44 heavy (non-hydrogen) atoms. The van der Waals surface area contributed by atoms with E-state index >= 15 is 0 Å². The Morgan fingerprint density at radius 3 is 1.84 bits per heavy atom. The normalized spacial score (nSPS) is 11.6. The van der Waals surface area contributed by atoms with E-state index in [2.05, 4.69) is 63.3 Å². The predicted octanol–water partition coefficient (Wildman–Crippen LogP) is 8.66. The smallest absolute Gasteiger partial charge is 0.164 e. The molecule has 9 aromatic rings. The molecule has 0 bridgehead atoms. The minimum absolute atomic E-state index is 0.603. The van der Waals surface area contributed by atoms with Gasteiger partial charge in [-0.15, -0.1) is 0 Å². The molecule has 0 aliphatic carbocycles. The van der Waals surface area contributed by atoms with Gasteiger partial charge in [0.25, 0.3) is 0 Å². The number of hydrogen-bond acceptors (Lipinski definition) is 6. The Hall–Kier alpha value is -6.21. The number of benzene rings is 5. The first-order valence-corrected chi connectivity index (χ1v) is 14.3. The Morgan fingerprint density at radius 1 is 0.477 bits per heavy atom. The minimum atomic E-state index is 0.603. The summed E-state index contributed by atoms with van der Waals surface area (Å²) in [6.07, 6.45) is 3.43. The third kappa shape index (κ3) is 3.80. The molecule has 0 unspecified atom stereocenters. The summed E-state index contributed by atoms with van der Waals surface area (Å²) in [4.78, 5) is 14.8. The van der Waals surface area contributed by atoms with E-state index in [0.717, 1.165) is 60.5 Å². The molecule has 5 aromatic carbocycles. The largest absolute Gasteiger partial charge is 0.452 e. The van der Waals surface area contributed by atoms with Gasteiger partial charge in [-0.3, -0.25) is 0 Å². The predicted molar refractivity (Wildman–Crippen MR) is 173 cm³/mol. The van der Waals surface area contributed by atoms with Crippen LogP contribution in [0.3, 0.4) is 0 Å². The highest BCUT2D eigenvalue weighted by Crippen LogP contribution is 2.40. The highest BCUT2D eigenvalue weighted by Gasteiger charge is 2.20. The fourth-order valence-corrected chi connectivity index (χ4v) is 6.04. The van der Waals surface area contributed by atoms with Gasteiger partial charge in [-0.05, 0) is 24.3 Å². The summed E-state index contributed by atoms with van der Waals surface area (Å²) in [7, 11) is 0. The second-order valence-electron chi connectivity index (χ2n) is 10.6. The number of fused-ring (bicyclic) bond motifs is 7. The van der Waals surface area contributed by atoms with Crippen molar-refractivity contribution in [1.29, 1.82) is 0 Å². The average Bonchev–Trinajstić information content (AvgIpc) is 3.65. The molecule has 0 fully saturated rings. The Balaban J connectivity index is 1.30. The fourth-order valence-electron chi connectivity index (χ4n) is 6.04. The van der Waals surface area contributed by atoms with Crippen molar-refractivity contribution >= 4 is 43.7 Å². The van der Waals surface area contributed by atoms with Gasteiger partial charge in [0.2, 0.25) is 0 Å². The van der Waals surface area contributed by atoms with Gasteiger partial charge in [0, 0.05) is 38.5 Å². The third-order valence-electron chi connectivity index (χ3n) is 8.05. The quantitative estimate of drug-likeness (QED) is 0.212. The maximum Gasteiger partial charge on any atom is 0.164 e. The van der Waals surface area contributed by atoms with Crippen molar-refractivity contribution in [2.75, 3.05) is 0 Å². The van der Waals surface area contributed by atoms with Crippen molar-refractivity contribution in [2.24, 2.45) is 0 Å². The van der Waals surface area contributed by atoms with Crippen molar-refractivity contribution in [3.63, 3.8) is 0 Å². The SMILES string of the molecule is c1ccc(-c2nc(-c3ccccc3)nc(-c3cccc(-n4c5ccccc5c5ccc6c7cnncc7oc6c54)c3)n2)cc1. The second kappa shape index (κ2) is 9.68. The topological polar surface area (TPSA) is 82.5 Å². The number of furan rings is 1. The van der Waals surface area contributed by atoms with E-state index in [1.165, 1.54) is 0 Å². The van der Waals surface area contributed by atoms with E-state index in [9.17, 15) is 0 Å². The van der Waals surface area contributed by atoms with Gasteiger partial charge in [0.05, 0.1) is 28.8 Å². The fraction of sp³-hybridized carbons (Fsp3) is 0. The molecule has 0 aliphatic rings. The van der Waals surface area contributed by atoms with Crippen LogP contribution in [0.1, 0.15) is 0 Å². The summed E-state index contributed by atoms with van der Waals surface area (Å²) in [6, 6.07) is 41.1. The lowest BCUT2D eigenvalue weighted by Crippen LogP contribution is -2.01. The maximum absolute atomic E-state index is 6.45. The molecule has 7 heteroatoms. The molecular weight excluding hydrogens is 544 g/mol. The monoisotopic (exact) mass is 566 g/mol. The van der Waals surface area contributed by atoms with Crippen LogP contribution in [0.5, 0.6) is 0 Å². The highest BCUT2D eigenvalue weighted by molar-refractivity contribution is 6.21. The lowest BCUT2D eigenvalue weighted by Gasteiger charge is -2.11. The molecule has 4 aromatic heterocycles. The van der Waals surface area contributed by atoms with Gasteiger partial charge < -0.3 is 8.98 Å². The average molecular weight is 567 g/mol. The molecule has 0 aliphatic heterocycles. The van der Waals surface area contributed by atoms with Gasteiger partial charge in [-0.2, -0.15) is 10.2 Å². The van der Waals surface area contributed by atoms with Crippen LogP contribution in [0.2, 0.25) is 0 Å². The zero-order valence-corrected chi connectivity index (χ0v) is 23.3. The molecule has 0 amide bonds. The minimum Gasteiger partial charge on any atom is -0.452 e. The van der Waals surface area contributed by atoms with Crippen LogP contribution in [0.15, 0.2) is 138 Å². The first-order valence-electron chi connectivity index (χ1n) is 14.3. The van der Waals surface area contributed by atoms with E-state index in [0.29, 0.717) is 23.1 Å². The molecule has 0 saturated heterocycles. The lowest BCUT2D eigenvalue weighted by molar-refractivity contribution is 0.667. The van der Waals surface area contributed by atoms with Crippen LogP contribution in [-0.4, -0.2) is 29.7 Å². The molecule has 0 N–H and O–H groups in total. The zero-order valence-electron chi connectivity index (χ0n) is 23.3. The van der Waals surface area contributed by atoms with Crippen molar-refractivity contribution in [1.82, 2.24) is 29.7 Å². The number of aromatic nitrogens is 6. The molecule has 0 spiro atoms. The van der Waals surface area contributed by atoms with Gasteiger partial charge in [-0.25, -0.2) is 15.0 Å². The van der Waals surface area contributed by atoms with Crippen LogP contribution in [0, 0.1) is 0 Å². The second-order valence-corrected chi connectivity index (χ2v) is 10.6. The van der Waals surface area contributed by atoms with E-state index in [-0.39, 0.29) is 0 Å². The van der Waals surface area contributed by atoms with Gasteiger partial charge >= 0.3 is 0 Å². The Kier molecular flexibility index (Phi) is 5.36. The molecule has 0 atom stereocenters. The molecule has 0 radical (unpaired) electrons. The molecule has 9 rings (SSSR count). The van der Waals surface area contributed by atoms with Crippen molar-refractivity contribution < 1.29 is 4.42 Å². The standard InChI is InChI=1S/C37H22N6O/c1-3-10-23(11-4-1)35-40-36(24-12-5-2-6-13-24)42-37(41-35)25-14-9-15-26(20-25)43-31-17-8-7-16-27(31)28-18-19-29-30-21-38-39-22-32(30)44-34(29)33(28)43/h1-22H. The summed E-state index contributed by atoms with van der Waals surface area (Å²) in [6.45, 7) is 0.